The predicted octanol–water partition coefficient (Wildman–Crippen LogP) is 4.54. The van der Waals surface area contributed by atoms with Crippen molar-refractivity contribution in [1.29, 1.82) is 0 Å². The van der Waals surface area contributed by atoms with Crippen molar-refractivity contribution in [2.45, 2.75) is 47.6 Å². The number of aryl methyl sites for hydroxylation is 1. The molecule has 1 aliphatic rings. The second-order valence-corrected chi connectivity index (χ2v) is 10.6. The second kappa shape index (κ2) is 11.8. The highest BCUT2D eigenvalue weighted by atomic mass is 32.1. The van der Waals surface area contributed by atoms with Crippen LogP contribution < -0.4 is 24.4 Å². The van der Waals surface area contributed by atoms with E-state index >= 15 is 0 Å². The Kier molecular flexibility index (Phi) is 8.52. The van der Waals surface area contributed by atoms with E-state index in [9.17, 15) is 9.59 Å². The summed E-state index contributed by atoms with van der Waals surface area (Å²) in [4.78, 5) is 32.0. The molecule has 0 bridgehead atoms. The number of thiazole rings is 1. The maximum atomic E-state index is 13.8. The Bertz CT molecular complexity index is 1530. The summed E-state index contributed by atoms with van der Waals surface area (Å²) in [5, 5.41) is 0. The molecule has 2 heterocycles. The number of rotatable bonds is 9. The summed E-state index contributed by atoms with van der Waals surface area (Å²) in [7, 11) is 0. The monoisotopic (exact) mass is 534 g/mol. The number of benzene rings is 2. The van der Waals surface area contributed by atoms with Crippen LogP contribution in [-0.2, 0) is 9.53 Å². The van der Waals surface area contributed by atoms with E-state index in [1.165, 1.54) is 11.3 Å². The lowest BCUT2D eigenvalue weighted by Gasteiger charge is -2.24. The first-order valence-corrected chi connectivity index (χ1v) is 13.7. The van der Waals surface area contributed by atoms with Crippen molar-refractivity contribution < 1.29 is 19.0 Å². The van der Waals surface area contributed by atoms with E-state index in [1.54, 1.807) is 18.4 Å². The van der Waals surface area contributed by atoms with Gasteiger partial charge in [-0.3, -0.25) is 9.36 Å². The first kappa shape index (κ1) is 27.4. The molecule has 0 spiro atoms. The maximum Gasteiger partial charge on any atom is 0.338 e. The largest absolute Gasteiger partial charge is 0.490 e. The summed E-state index contributed by atoms with van der Waals surface area (Å²) in [6, 6.07) is 12.9. The molecule has 8 heteroatoms. The van der Waals surface area contributed by atoms with E-state index in [0.29, 0.717) is 51.2 Å². The molecule has 1 aliphatic heterocycles. The third-order valence-electron chi connectivity index (χ3n) is 6.05. The number of esters is 1. The molecule has 1 atom stereocenters. The number of hydrogen-bond acceptors (Lipinski definition) is 7. The Hall–Kier alpha value is -3.65. The normalized spacial score (nSPS) is 15.3. The van der Waals surface area contributed by atoms with Gasteiger partial charge in [-0.05, 0) is 62.9 Å². The highest BCUT2D eigenvalue weighted by molar-refractivity contribution is 7.07. The van der Waals surface area contributed by atoms with Crippen LogP contribution in [0.4, 0.5) is 0 Å². The van der Waals surface area contributed by atoms with Crippen LogP contribution in [0.15, 0.2) is 63.5 Å². The van der Waals surface area contributed by atoms with E-state index in [2.05, 4.69) is 18.8 Å². The van der Waals surface area contributed by atoms with Crippen molar-refractivity contribution in [3.63, 3.8) is 0 Å². The molecular weight excluding hydrogens is 500 g/mol. The molecule has 2 aromatic carbocycles. The minimum Gasteiger partial charge on any atom is -0.490 e. The standard InChI is InChI=1S/C30H34N2O5S/c1-7-35-24-15-21(11-14-23(24)37-17-18(3)4)16-25-28(33)32-27(22-12-9-19(5)10-13-22)26(29(34)36-8-2)20(6)31-30(32)38-25/h9-16,18,27H,7-8,17H2,1-6H3/b25-16+/t27-/m1/s1. The molecule has 3 aromatic rings. The van der Waals surface area contributed by atoms with Gasteiger partial charge in [-0.25, -0.2) is 9.79 Å². The third-order valence-corrected chi connectivity index (χ3v) is 7.03. The van der Waals surface area contributed by atoms with Gasteiger partial charge in [0.25, 0.3) is 5.56 Å². The molecule has 38 heavy (non-hydrogen) atoms. The van der Waals surface area contributed by atoms with Gasteiger partial charge in [0.2, 0.25) is 0 Å². The van der Waals surface area contributed by atoms with Crippen LogP contribution in [-0.4, -0.2) is 30.4 Å². The molecule has 1 aromatic heterocycles. The molecule has 0 aliphatic carbocycles. The van der Waals surface area contributed by atoms with Crippen molar-refractivity contribution in [3.8, 4) is 11.5 Å². The fourth-order valence-corrected chi connectivity index (χ4v) is 5.31. The molecule has 4 rings (SSSR count). The van der Waals surface area contributed by atoms with Gasteiger partial charge in [-0.2, -0.15) is 0 Å². The Morgan fingerprint density at radius 1 is 1.05 bits per heavy atom. The number of nitrogens with zero attached hydrogens (tertiary/aromatic N) is 2. The second-order valence-electron chi connectivity index (χ2n) is 9.56. The summed E-state index contributed by atoms with van der Waals surface area (Å²) in [5.41, 5.74) is 3.43. The third kappa shape index (κ3) is 5.75. The van der Waals surface area contributed by atoms with Crippen LogP contribution in [0.2, 0.25) is 0 Å². The van der Waals surface area contributed by atoms with Crippen molar-refractivity contribution in [1.82, 2.24) is 4.57 Å². The van der Waals surface area contributed by atoms with Gasteiger partial charge in [0.05, 0.1) is 41.7 Å². The lowest BCUT2D eigenvalue weighted by atomic mass is 9.95. The summed E-state index contributed by atoms with van der Waals surface area (Å²) in [6.45, 7) is 13.0. The maximum absolute atomic E-state index is 13.8. The minimum absolute atomic E-state index is 0.216. The smallest absolute Gasteiger partial charge is 0.338 e. The molecule has 0 saturated carbocycles. The van der Waals surface area contributed by atoms with Crippen LogP contribution >= 0.6 is 11.3 Å². The average Bonchev–Trinajstić information content (AvgIpc) is 3.17. The number of allylic oxidation sites excluding steroid dienone is 1. The van der Waals surface area contributed by atoms with Crippen LogP contribution in [0, 0.1) is 12.8 Å². The van der Waals surface area contributed by atoms with E-state index in [-0.39, 0.29) is 12.2 Å². The minimum atomic E-state index is -0.626. The molecule has 0 saturated heterocycles. The summed E-state index contributed by atoms with van der Waals surface area (Å²) < 4.78 is 19.2. The zero-order valence-electron chi connectivity index (χ0n) is 22.7. The van der Waals surface area contributed by atoms with Gasteiger partial charge in [-0.1, -0.05) is 61.1 Å². The van der Waals surface area contributed by atoms with Crippen LogP contribution in [0.3, 0.4) is 0 Å². The number of carbonyl (C=O) groups excluding carboxylic acids is 1. The van der Waals surface area contributed by atoms with Crippen molar-refractivity contribution in [3.05, 3.63) is 90.1 Å². The SMILES string of the molecule is CCOC(=O)C1=C(C)N=c2s/c(=C/c3ccc(OCC(C)C)c(OCC)c3)c(=O)n2[C@@H]1c1ccc(C)cc1. The van der Waals surface area contributed by atoms with Crippen molar-refractivity contribution in [2.75, 3.05) is 19.8 Å². The Morgan fingerprint density at radius 3 is 2.45 bits per heavy atom. The fourth-order valence-electron chi connectivity index (χ4n) is 4.27. The number of hydrogen-bond donors (Lipinski definition) is 0. The highest BCUT2D eigenvalue weighted by Crippen LogP contribution is 2.31. The number of carbonyl (C=O) groups is 1. The summed E-state index contributed by atoms with van der Waals surface area (Å²) in [6.07, 6.45) is 1.83. The van der Waals surface area contributed by atoms with Crippen molar-refractivity contribution in [2.24, 2.45) is 10.9 Å². The first-order chi connectivity index (χ1) is 18.2. The number of ether oxygens (including phenoxy) is 3. The van der Waals surface area contributed by atoms with Gasteiger partial charge < -0.3 is 14.2 Å². The van der Waals surface area contributed by atoms with Gasteiger partial charge in [0.1, 0.15) is 0 Å². The fraction of sp³-hybridized carbons (Fsp3) is 0.367. The molecule has 0 N–H and O–H groups in total. The molecule has 200 valence electrons. The first-order valence-electron chi connectivity index (χ1n) is 12.9. The summed E-state index contributed by atoms with van der Waals surface area (Å²) >= 11 is 1.30. The van der Waals surface area contributed by atoms with Crippen molar-refractivity contribution >= 4 is 23.4 Å². The van der Waals surface area contributed by atoms with E-state index in [4.69, 9.17) is 14.2 Å². The average molecular weight is 535 g/mol. The summed E-state index contributed by atoms with van der Waals surface area (Å²) in [5.74, 6) is 1.22. The molecular formula is C30H34N2O5S. The number of fused-ring (bicyclic) bond motifs is 1. The predicted molar refractivity (Wildman–Crippen MR) is 150 cm³/mol. The van der Waals surface area contributed by atoms with Crippen LogP contribution in [0.5, 0.6) is 11.5 Å². The Morgan fingerprint density at radius 2 is 1.79 bits per heavy atom. The lowest BCUT2D eigenvalue weighted by molar-refractivity contribution is -0.139. The highest BCUT2D eigenvalue weighted by Gasteiger charge is 2.33. The zero-order chi connectivity index (χ0) is 27.4. The molecule has 0 unspecified atom stereocenters. The van der Waals surface area contributed by atoms with Crippen LogP contribution in [0.25, 0.3) is 6.08 Å². The Labute approximate surface area is 226 Å². The molecule has 7 nitrogen and oxygen atoms in total. The van der Waals surface area contributed by atoms with Gasteiger partial charge >= 0.3 is 5.97 Å². The lowest BCUT2D eigenvalue weighted by Crippen LogP contribution is -2.39. The Balaban J connectivity index is 1.84. The quantitative estimate of drug-likeness (QED) is 0.377. The van der Waals surface area contributed by atoms with Gasteiger partial charge in [-0.15, -0.1) is 0 Å². The molecule has 0 radical (unpaired) electrons. The van der Waals surface area contributed by atoms with Crippen LogP contribution in [0.1, 0.15) is 57.4 Å². The number of aromatic nitrogens is 1. The zero-order valence-corrected chi connectivity index (χ0v) is 23.6. The van der Waals surface area contributed by atoms with Gasteiger partial charge in [0.15, 0.2) is 16.3 Å². The molecule has 0 fully saturated rings. The van der Waals surface area contributed by atoms with E-state index < -0.39 is 12.0 Å². The topological polar surface area (TPSA) is 79.1 Å². The molecule has 0 amide bonds. The van der Waals surface area contributed by atoms with E-state index in [1.807, 2.05) is 62.4 Å². The van der Waals surface area contributed by atoms with E-state index in [0.717, 1.165) is 16.7 Å². The van der Waals surface area contributed by atoms with Gasteiger partial charge in [0, 0.05) is 0 Å².